The summed E-state index contributed by atoms with van der Waals surface area (Å²) in [5.74, 6) is -1.67. The Balaban J connectivity index is 3.85. The van der Waals surface area contributed by atoms with Crippen LogP contribution in [0.5, 0.6) is 0 Å². The van der Waals surface area contributed by atoms with Crippen molar-refractivity contribution in [3.8, 4) is 0 Å². The van der Waals surface area contributed by atoms with Gasteiger partial charge in [-0.25, -0.2) is 9.59 Å². The molecule has 0 aliphatic heterocycles. The van der Waals surface area contributed by atoms with Gasteiger partial charge in [-0.15, -0.1) is 0 Å². The average Bonchev–Trinajstić information content (AvgIpc) is 1.87. The van der Waals surface area contributed by atoms with Gasteiger partial charge in [0.2, 0.25) is 0 Å². The monoisotopic (exact) mass is 194 g/mol. The van der Waals surface area contributed by atoms with E-state index in [1.165, 1.54) is 0 Å². The van der Waals surface area contributed by atoms with Crippen LogP contribution in [-0.2, 0) is 14.3 Å². The van der Waals surface area contributed by atoms with Crippen LogP contribution in [0.4, 0.5) is 0 Å². The van der Waals surface area contributed by atoms with Gasteiger partial charge >= 0.3 is 11.9 Å². The second kappa shape index (κ2) is 5.95. The third-order valence-electron chi connectivity index (χ3n) is 0.599. The summed E-state index contributed by atoms with van der Waals surface area (Å²) >= 11 is 10.0. The normalized spacial score (nSPS) is 10.7. The standard InChI is InChI=1S/C6H4Cl2O3/c7-3-1-5(9)11-6(10)2-4-8/h1-4H/b3-1+,4-2+. The third-order valence-corrected chi connectivity index (χ3v) is 0.851. The molecule has 5 heteroatoms. The zero-order chi connectivity index (χ0) is 8.69. The minimum Gasteiger partial charge on any atom is -0.387 e. The van der Waals surface area contributed by atoms with Crippen molar-refractivity contribution < 1.29 is 14.3 Å². The lowest BCUT2D eigenvalue weighted by molar-refractivity contribution is -0.152. The Morgan fingerprint density at radius 2 is 1.36 bits per heavy atom. The van der Waals surface area contributed by atoms with E-state index < -0.39 is 11.9 Å². The van der Waals surface area contributed by atoms with Gasteiger partial charge in [-0.2, -0.15) is 0 Å². The maximum Gasteiger partial charge on any atom is 0.339 e. The van der Waals surface area contributed by atoms with Crippen molar-refractivity contribution in [2.45, 2.75) is 0 Å². The molecule has 0 bridgehead atoms. The molecule has 0 heterocycles. The first-order valence-electron chi connectivity index (χ1n) is 2.50. The van der Waals surface area contributed by atoms with Crippen LogP contribution < -0.4 is 0 Å². The fraction of sp³-hybridized carbons (Fsp3) is 0. The molecule has 0 fully saturated rings. The van der Waals surface area contributed by atoms with Gasteiger partial charge in [0, 0.05) is 23.2 Å². The SMILES string of the molecule is O=C(/C=C/Cl)OC(=O)/C=C/Cl. The lowest BCUT2D eigenvalue weighted by atomic mass is 10.6. The van der Waals surface area contributed by atoms with Crippen LogP contribution in [-0.4, -0.2) is 11.9 Å². The second-order valence-corrected chi connectivity index (χ2v) is 1.83. The summed E-state index contributed by atoms with van der Waals surface area (Å²) in [6, 6.07) is 0. The zero-order valence-electron chi connectivity index (χ0n) is 5.29. The Morgan fingerprint density at radius 3 is 1.64 bits per heavy atom. The average molecular weight is 195 g/mol. The topological polar surface area (TPSA) is 43.4 Å². The molecule has 0 aromatic heterocycles. The van der Waals surface area contributed by atoms with Crippen molar-refractivity contribution in [3.05, 3.63) is 23.2 Å². The van der Waals surface area contributed by atoms with Crippen LogP contribution in [0.1, 0.15) is 0 Å². The molecular formula is C6H4Cl2O3. The Labute approximate surface area is 73.2 Å². The number of esters is 2. The van der Waals surface area contributed by atoms with E-state index in [4.69, 9.17) is 23.2 Å². The Bertz CT molecular complexity index is 186. The molecule has 0 N–H and O–H groups in total. The highest BCUT2D eigenvalue weighted by Crippen LogP contribution is 1.88. The van der Waals surface area contributed by atoms with Gasteiger partial charge in [-0.1, -0.05) is 23.2 Å². The minimum absolute atomic E-state index is 0.834. The van der Waals surface area contributed by atoms with Crippen LogP contribution in [0, 0.1) is 0 Å². The largest absolute Gasteiger partial charge is 0.387 e. The molecule has 0 spiro atoms. The van der Waals surface area contributed by atoms with Crippen molar-refractivity contribution in [1.82, 2.24) is 0 Å². The number of hydrogen-bond acceptors (Lipinski definition) is 3. The van der Waals surface area contributed by atoms with Crippen LogP contribution in [0.2, 0.25) is 0 Å². The van der Waals surface area contributed by atoms with Gasteiger partial charge in [0.05, 0.1) is 0 Å². The lowest BCUT2D eigenvalue weighted by Crippen LogP contribution is -2.06. The first-order chi connectivity index (χ1) is 5.20. The Kier molecular flexibility index (Phi) is 5.51. The van der Waals surface area contributed by atoms with Crippen LogP contribution in [0.25, 0.3) is 0 Å². The number of ether oxygens (including phenoxy) is 1. The molecule has 60 valence electrons. The molecule has 0 saturated heterocycles. The van der Waals surface area contributed by atoms with Gasteiger partial charge in [-0.05, 0) is 0 Å². The van der Waals surface area contributed by atoms with E-state index in [9.17, 15) is 9.59 Å². The van der Waals surface area contributed by atoms with Crippen LogP contribution in [0.3, 0.4) is 0 Å². The molecule has 0 atom stereocenters. The molecule has 0 unspecified atom stereocenters. The van der Waals surface area contributed by atoms with E-state index in [1.54, 1.807) is 0 Å². The van der Waals surface area contributed by atoms with Gasteiger partial charge in [0.1, 0.15) is 0 Å². The van der Waals surface area contributed by atoms with E-state index in [1.807, 2.05) is 0 Å². The zero-order valence-corrected chi connectivity index (χ0v) is 6.80. The molecular weight excluding hydrogens is 191 g/mol. The number of hydrogen-bond donors (Lipinski definition) is 0. The number of carbonyl (C=O) groups excluding carboxylic acids is 2. The van der Waals surface area contributed by atoms with E-state index in [0.29, 0.717) is 0 Å². The summed E-state index contributed by atoms with van der Waals surface area (Å²) < 4.78 is 4.11. The summed E-state index contributed by atoms with van der Waals surface area (Å²) in [7, 11) is 0. The van der Waals surface area contributed by atoms with Gasteiger partial charge in [0.25, 0.3) is 0 Å². The van der Waals surface area contributed by atoms with E-state index >= 15 is 0 Å². The predicted molar refractivity (Wildman–Crippen MR) is 41.1 cm³/mol. The summed E-state index contributed by atoms with van der Waals surface area (Å²) in [4.78, 5) is 20.9. The molecule has 3 nitrogen and oxygen atoms in total. The lowest BCUT2D eigenvalue weighted by Gasteiger charge is -1.91. The minimum atomic E-state index is -0.834. The Morgan fingerprint density at radius 1 is 1.00 bits per heavy atom. The Hall–Kier alpha value is -0.800. The van der Waals surface area contributed by atoms with Crippen LogP contribution >= 0.6 is 23.2 Å². The second-order valence-electron chi connectivity index (χ2n) is 1.33. The molecule has 0 aromatic carbocycles. The molecule has 0 aromatic rings. The third kappa shape index (κ3) is 5.63. The number of rotatable bonds is 2. The molecule has 0 radical (unpaired) electrons. The van der Waals surface area contributed by atoms with Crippen molar-refractivity contribution in [3.63, 3.8) is 0 Å². The van der Waals surface area contributed by atoms with Crippen molar-refractivity contribution in [1.29, 1.82) is 0 Å². The van der Waals surface area contributed by atoms with E-state index in [0.717, 1.165) is 23.2 Å². The highest BCUT2D eigenvalue weighted by Gasteiger charge is 2.01. The first-order valence-corrected chi connectivity index (χ1v) is 3.37. The smallest absolute Gasteiger partial charge is 0.339 e. The van der Waals surface area contributed by atoms with Crippen molar-refractivity contribution >= 4 is 35.1 Å². The highest BCUT2D eigenvalue weighted by molar-refractivity contribution is 6.27. The summed E-state index contributed by atoms with van der Waals surface area (Å²) in [5.41, 5.74) is 1.89. The molecule has 11 heavy (non-hydrogen) atoms. The van der Waals surface area contributed by atoms with Crippen LogP contribution in [0.15, 0.2) is 23.2 Å². The number of carbonyl (C=O) groups is 2. The summed E-state index contributed by atoms with van der Waals surface area (Å²) in [6.07, 6.45) is 1.81. The maximum absolute atomic E-state index is 10.4. The summed E-state index contributed by atoms with van der Waals surface area (Å²) in [5, 5.41) is 0. The van der Waals surface area contributed by atoms with E-state index in [2.05, 4.69) is 4.74 Å². The fourth-order valence-corrected chi connectivity index (χ4v) is 0.476. The number of halogens is 2. The highest BCUT2D eigenvalue weighted by atomic mass is 35.5. The van der Waals surface area contributed by atoms with Gasteiger partial charge in [-0.3, -0.25) is 0 Å². The molecule has 0 aliphatic carbocycles. The quantitative estimate of drug-likeness (QED) is 0.381. The van der Waals surface area contributed by atoms with Crippen molar-refractivity contribution in [2.24, 2.45) is 0 Å². The molecule has 0 saturated carbocycles. The predicted octanol–water partition coefficient (Wildman–Crippen LogP) is 1.56. The van der Waals surface area contributed by atoms with Gasteiger partial charge < -0.3 is 4.74 Å². The maximum atomic E-state index is 10.4. The molecule has 0 amide bonds. The molecule has 0 rings (SSSR count). The fourth-order valence-electron chi connectivity index (χ4n) is 0.270. The van der Waals surface area contributed by atoms with Gasteiger partial charge in [0.15, 0.2) is 0 Å². The molecule has 0 aliphatic rings. The van der Waals surface area contributed by atoms with Crippen molar-refractivity contribution in [2.75, 3.05) is 0 Å². The first kappa shape index (κ1) is 10.2. The van der Waals surface area contributed by atoms with E-state index in [-0.39, 0.29) is 0 Å². The summed E-state index contributed by atoms with van der Waals surface area (Å²) in [6.45, 7) is 0.